The number of rotatable bonds is 2. The van der Waals surface area contributed by atoms with Gasteiger partial charge in [-0.25, -0.2) is 17.2 Å². The summed E-state index contributed by atoms with van der Waals surface area (Å²) in [6.45, 7) is 4.36. The van der Waals surface area contributed by atoms with Crippen molar-refractivity contribution in [1.82, 2.24) is 9.62 Å². The summed E-state index contributed by atoms with van der Waals surface area (Å²) in [5, 5.41) is 3.05. The molecule has 0 amide bonds. The van der Waals surface area contributed by atoms with Crippen LogP contribution in [0.4, 0.5) is 8.78 Å². The van der Waals surface area contributed by atoms with Crippen LogP contribution in [-0.4, -0.2) is 38.4 Å². The number of benzene rings is 1. The Morgan fingerprint density at radius 2 is 2.00 bits per heavy atom. The molecule has 1 N–H and O–H groups in total. The van der Waals surface area contributed by atoms with Crippen LogP contribution < -0.4 is 5.32 Å². The molecule has 1 fully saturated rings. The van der Waals surface area contributed by atoms with Crippen molar-refractivity contribution in [3.05, 3.63) is 29.3 Å². The number of piperazine rings is 1. The molecular weight excluding hydrogens is 274 g/mol. The lowest BCUT2D eigenvalue weighted by molar-refractivity contribution is 0.282. The molecule has 4 nitrogen and oxygen atoms in total. The van der Waals surface area contributed by atoms with Crippen LogP contribution in [0.3, 0.4) is 0 Å². The molecule has 0 bridgehead atoms. The number of nitrogens with zero attached hydrogens (tertiary/aromatic N) is 1. The first-order chi connectivity index (χ1) is 8.84. The topological polar surface area (TPSA) is 49.4 Å². The first-order valence-corrected chi connectivity index (χ1v) is 7.46. The predicted molar refractivity (Wildman–Crippen MR) is 67.3 cm³/mol. The average molecular weight is 290 g/mol. The first kappa shape index (κ1) is 14.4. The van der Waals surface area contributed by atoms with Crippen LogP contribution in [0.2, 0.25) is 0 Å². The Morgan fingerprint density at radius 1 is 1.32 bits per heavy atom. The third-order valence-corrected chi connectivity index (χ3v) is 5.27. The van der Waals surface area contributed by atoms with E-state index >= 15 is 0 Å². The zero-order valence-corrected chi connectivity index (χ0v) is 11.6. The normalized spacial score (nSPS) is 21.6. The van der Waals surface area contributed by atoms with Crippen molar-refractivity contribution < 1.29 is 17.2 Å². The fourth-order valence-corrected chi connectivity index (χ4v) is 3.82. The summed E-state index contributed by atoms with van der Waals surface area (Å²) in [6, 6.07) is 1.38. The van der Waals surface area contributed by atoms with Crippen LogP contribution in [0.15, 0.2) is 17.0 Å². The van der Waals surface area contributed by atoms with Crippen molar-refractivity contribution >= 4 is 10.0 Å². The summed E-state index contributed by atoms with van der Waals surface area (Å²) < 4.78 is 53.3. The lowest BCUT2D eigenvalue weighted by Gasteiger charge is -2.32. The molecule has 1 aliphatic rings. The number of hydrogen-bond donors (Lipinski definition) is 1. The van der Waals surface area contributed by atoms with Gasteiger partial charge in [0.25, 0.3) is 0 Å². The first-order valence-electron chi connectivity index (χ1n) is 6.02. The molecule has 2 rings (SSSR count). The van der Waals surface area contributed by atoms with Crippen LogP contribution in [0.1, 0.15) is 12.5 Å². The van der Waals surface area contributed by atoms with Crippen molar-refractivity contribution in [3.8, 4) is 0 Å². The summed E-state index contributed by atoms with van der Waals surface area (Å²) >= 11 is 0. The number of nitrogens with one attached hydrogen (secondary N) is 1. The van der Waals surface area contributed by atoms with Gasteiger partial charge in [0, 0.05) is 25.7 Å². The number of hydrogen-bond acceptors (Lipinski definition) is 3. The molecule has 1 saturated heterocycles. The van der Waals surface area contributed by atoms with Crippen LogP contribution in [0.5, 0.6) is 0 Å². The maximum atomic E-state index is 13.8. The van der Waals surface area contributed by atoms with Gasteiger partial charge in [-0.2, -0.15) is 4.31 Å². The van der Waals surface area contributed by atoms with E-state index in [-0.39, 0.29) is 18.2 Å². The predicted octanol–water partition coefficient (Wildman–Crippen LogP) is 1.26. The molecule has 106 valence electrons. The maximum Gasteiger partial charge on any atom is 0.246 e. The molecule has 1 heterocycles. The number of halogens is 2. The molecule has 19 heavy (non-hydrogen) atoms. The summed E-state index contributed by atoms with van der Waals surface area (Å²) in [4.78, 5) is -0.593. The van der Waals surface area contributed by atoms with Gasteiger partial charge < -0.3 is 5.32 Å². The third kappa shape index (κ3) is 2.63. The zero-order valence-electron chi connectivity index (χ0n) is 10.8. The van der Waals surface area contributed by atoms with Crippen LogP contribution >= 0.6 is 0 Å². The summed E-state index contributed by atoms with van der Waals surface area (Å²) in [6.07, 6.45) is 0. The van der Waals surface area contributed by atoms with Crippen LogP contribution in [0, 0.1) is 18.6 Å². The Bertz CT molecular complexity index is 590. The summed E-state index contributed by atoms with van der Waals surface area (Å²) in [5.41, 5.74) is 0.0878. The Morgan fingerprint density at radius 3 is 2.63 bits per heavy atom. The Kier molecular flexibility index (Phi) is 3.89. The maximum absolute atomic E-state index is 13.8. The zero-order chi connectivity index (χ0) is 14.2. The standard InChI is InChI=1S/C12H16F2N2O2S/c1-8-5-11(14)12(6-10(8)13)19(17,18)16-4-3-15-7-9(16)2/h5-6,9,15H,3-4,7H2,1-2H3/t9-/m0/s1. The lowest BCUT2D eigenvalue weighted by Crippen LogP contribution is -2.52. The third-order valence-electron chi connectivity index (χ3n) is 3.24. The van der Waals surface area contributed by atoms with E-state index in [1.165, 1.54) is 11.2 Å². The Hall–Kier alpha value is -1.05. The van der Waals surface area contributed by atoms with E-state index in [9.17, 15) is 17.2 Å². The number of aryl methyl sites for hydroxylation is 1. The van der Waals surface area contributed by atoms with Crippen LogP contribution in [-0.2, 0) is 10.0 Å². The van der Waals surface area contributed by atoms with Crippen LogP contribution in [0.25, 0.3) is 0 Å². The van der Waals surface area contributed by atoms with Gasteiger partial charge in [0.2, 0.25) is 10.0 Å². The fraction of sp³-hybridized carbons (Fsp3) is 0.500. The molecule has 0 unspecified atom stereocenters. The molecule has 0 aliphatic carbocycles. The highest BCUT2D eigenvalue weighted by atomic mass is 32.2. The van der Waals surface area contributed by atoms with Crippen molar-refractivity contribution in [1.29, 1.82) is 0 Å². The second kappa shape index (κ2) is 5.15. The molecule has 1 atom stereocenters. The van der Waals surface area contributed by atoms with Gasteiger partial charge >= 0.3 is 0 Å². The molecule has 1 aromatic rings. The summed E-state index contributed by atoms with van der Waals surface area (Å²) in [5.74, 6) is -1.63. The molecule has 1 aromatic carbocycles. The molecule has 0 radical (unpaired) electrons. The van der Waals surface area contributed by atoms with E-state index in [4.69, 9.17) is 0 Å². The van der Waals surface area contributed by atoms with Gasteiger partial charge in [0.15, 0.2) is 0 Å². The quantitative estimate of drug-likeness (QED) is 0.892. The van der Waals surface area contributed by atoms with E-state index in [0.717, 1.165) is 12.1 Å². The largest absolute Gasteiger partial charge is 0.314 e. The van der Waals surface area contributed by atoms with Gasteiger partial charge in [-0.1, -0.05) is 0 Å². The lowest BCUT2D eigenvalue weighted by atomic mass is 10.2. The average Bonchev–Trinajstić information content (AvgIpc) is 2.34. The van der Waals surface area contributed by atoms with E-state index in [1.54, 1.807) is 6.92 Å². The number of sulfonamides is 1. The minimum Gasteiger partial charge on any atom is -0.314 e. The van der Waals surface area contributed by atoms with E-state index in [1.807, 2.05) is 0 Å². The second-order valence-corrected chi connectivity index (χ2v) is 6.56. The van der Waals surface area contributed by atoms with Crippen molar-refractivity contribution in [2.75, 3.05) is 19.6 Å². The van der Waals surface area contributed by atoms with E-state index in [2.05, 4.69) is 5.32 Å². The van der Waals surface area contributed by atoms with E-state index < -0.39 is 26.6 Å². The van der Waals surface area contributed by atoms with Crippen molar-refractivity contribution in [3.63, 3.8) is 0 Å². The van der Waals surface area contributed by atoms with Crippen molar-refractivity contribution in [2.24, 2.45) is 0 Å². The smallest absolute Gasteiger partial charge is 0.246 e. The highest BCUT2D eigenvalue weighted by Crippen LogP contribution is 2.24. The van der Waals surface area contributed by atoms with Gasteiger partial charge in [-0.3, -0.25) is 0 Å². The second-order valence-electron chi connectivity index (χ2n) is 4.70. The van der Waals surface area contributed by atoms with Gasteiger partial charge in [-0.15, -0.1) is 0 Å². The SMILES string of the molecule is Cc1cc(F)c(S(=O)(=O)N2CCNC[C@@H]2C)cc1F. The van der Waals surface area contributed by atoms with Gasteiger partial charge in [-0.05, 0) is 31.5 Å². The Labute approximate surface area is 111 Å². The molecule has 1 aliphatic heterocycles. The van der Waals surface area contributed by atoms with Gasteiger partial charge in [0.1, 0.15) is 16.5 Å². The molecule has 0 spiro atoms. The molecule has 0 aromatic heterocycles. The molecular formula is C12H16F2N2O2S. The highest BCUT2D eigenvalue weighted by Gasteiger charge is 2.33. The Balaban J connectivity index is 2.47. The van der Waals surface area contributed by atoms with E-state index in [0.29, 0.717) is 13.1 Å². The fourth-order valence-electron chi connectivity index (χ4n) is 2.13. The van der Waals surface area contributed by atoms with Gasteiger partial charge in [0.05, 0.1) is 0 Å². The summed E-state index contributed by atoms with van der Waals surface area (Å²) in [7, 11) is -4.00. The molecule has 7 heteroatoms. The minimum absolute atomic E-state index is 0.0878. The van der Waals surface area contributed by atoms with Crippen molar-refractivity contribution in [2.45, 2.75) is 24.8 Å². The highest BCUT2D eigenvalue weighted by molar-refractivity contribution is 7.89. The minimum atomic E-state index is -4.00. The monoisotopic (exact) mass is 290 g/mol. The molecule has 0 saturated carbocycles.